The zero-order valence-corrected chi connectivity index (χ0v) is 12.9. The third-order valence-electron chi connectivity index (χ3n) is 3.14. The summed E-state index contributed by atoms with van der Waals surface area (Å²) in [4.78, 5) is 9.16. The Kier molecular flexibility index (Phi) is 3.22. The number of rotatable bonds is 2. The minimum absolute atomic E-state index is 0.269. The fourth-order valence-corrected chi connectivity index (χ4v) is 2.87. The van der Waals surface area contributed by atoms with Crippen molar-refractivity contribution in [2.75, 3.05) is 5.73 Å². The van der Waals surface area contributed by atoms with Crippen molar-refractivity contribution in [2.24, 2.45) is 0 Å². The van der Waals surface area contributed by atoms with Crippen molar-refractivity contribution in [1.82, 2.24) is 14.5 Å². The van der Waals surface area contributed by atoms with Crippen molar-refractivity contribution < 1.29 is 0 Å². The lowest BCUT2D eigenvalue weighted by molar-refractivity contribution is 0.619. The van der Waals surface area contributed by atoms with Gasteiger partial charge < -0.3 is 10.3 Å². The molecule has 0 saturated heterocycles. The number of pyridine rings is 1. The number of benzene rings is 1. The van der Waals surface area contributed by atoms with Crippen LogP contribution in [0.2, 0.25) is 0 Å². The third-order valence-corrected chi connectivity index (χ3v) is 3.60. The Morgan fingerprint density at radius 1 is 1.25 bits per heavy atom. The molecule has 0 saturated carbocycles. The van der Waals surface area contributed by atoms with E-state index >= 15 is 0 Å². The Bertz CT molecular complexity index is 756. The molecule has 4 nitrogen and oxygen atoms in total. The highest BCUT2D eigenvalue weighted by Gasteiger charge is 2.16. The first-order chi connectivity index (χ1) is 9.56. The molecule has 102 valence electrons. The molecule has 1 aromatic carbocycles. The molecule has 0 aliphatic heterocycles. The number of fused-ring (bicyclic) bond motifs is 1. The van der Waals surface area contributed by atoms with E-state index in [0.717, 1.165) is 27.0 Å². The van der Waals surface area contributed by atoms with E-state index in [4.69, 9.17) is 10.7 Å². The number of imidazole rings is 1. The van der Waals surface area contributed by atoms with Crippen molar-refractivity contribution in [3.63, 3.8) is 0 Å². The van der Waals surface area contributed by atoms with Gasteiger partial charge in [0, 0.05) is 28.0 Å². The Balaban J connectivity index is 2.32. The minimum Gasteiger partial charge on any atom is -0.399 e. The highest BCUT2D eigenvalue weighted by atomic mass is 79.9. The van der Waals surface area contributed by atoms with Gasteiger partial charge in [-0.15, -0.1) is 0 Å². The lowest BCUT2D eigenvalue weighted by atomic mass is 10.2. The lowest BCUT2D eigenvalue weighted by Gasteiger charge is -2.13. The van der Waals surface area contributed by atoms with Gasteiger partial charge >= 0.3 is 0 Å². The van der Waals surface area contributed by atoms with Crippen LogP contribution in [0.3, 0.4) is 0 Å². The van der Waals surface area contributed by atoms with Gasteiger partial charge in [0.2, 0.25) is 0 Å². The molecule has 3 rings (SSSR count). The summed E-state index contributed by atoms with van der Waals surface area (Å²) in [5, 5.41) is 0. The summed E-state index contributed by atoms with van der Waals surface area (Å²) in [5.74, 6) is 0.890. The fraction of sp³-hybridized carbons (Fsp3) is 0.200. The molecule has 2 N–H and O–H groups in total. The second kappa shape index (κ2) is 4.90. The van der Waals surface area contributed by atoms with E-state index in [0.29, 0.717) is 5.69 Å². The van der Waals surface area contributed by atoms with Gasteiger partial charge in [-0.2, -0.15) is 0 Å². The molecule has 2 aromatic heterocycles. The van der Waals surface area contributed by atoms with Crippen LogP contribution >= 0.6 is 15.9 Å². The molecule has 5 heteroatoms. The van der Waals surface area contributed by atoms with Crippen LogP contribution in [0, 0.1) is 0 Å². The molecular weight excluding hydrogens is 316 g/mol. The summed E-state index contributed by atoms with van der Waals surface area (Å²) >= 11 is 3.48. The predicted octanol–water partition coefficient (Wildman–Crippen LogP) is 4.02. The molecule has 0 amide bonds. The van der Waals surface area contributed by atoms with E-state index in [1.54, 1.807) is 6.20 Å². The highest BCUT2D eigenvalue weighted by Crippen LogP contribution is 2.30. The molecule has 0 spiro atoms. The Hall–Kier alpha value is -1.88. The van der Waals surface area contributed by atoms with E-state index in [-0.39, 0.29) is 6.04 Å². The zero-order chi connectivity index (χ0) is 14.3. The van der Waals surface area contributed by atoms with Gasteiger partial charge in [0.1, 0.15) is 11.3 Å². The third kappa shape index (κ3) is 2.18. The van der Waals surface area contributed by atoms with Gasteiger partial charge in [-0.1, -0.05) is 15.9 Å². The van der Waals surface area contributed by atoms with Crippen molar-refractivity contribution >= 4 is 32.8 Å². The Labute approximate surface area is 125 Å². The minimum atomic E-state index is 0.269. The van der Waals surface area contributed by atoms with Crippen LogP contribution in [0.1, 0.15) is 19.9 Å². The monoisotopic (exact) mass is 330 g/mol. The Morgan fingerprint density at radius 2 is 2.05 bits per heavy atom. The van der Waals surface area contributed by atoms with Crippen molar-refractivity contribution in [3.8, 4) is 11.4 Å². The van der Waals surface area contributed by atoms with E-state index in [1.807, 2.05) is 30.3 Å². The lowest BCUT2D eigenvalue weighted by Crippen LogP contribution is -2.04. The molecule has 0 radical (unpaired) electrons. The molecule has 3 aromatic rings. The van der Waals surface area contributed by atoms with Gasteiger partial charge in [-0.05, 0) is 44.2 Å². The largest absolute Gasteiger partial charge is 0.399 e. The van der Waals surface area contributed by atoms with Crippen LogP contribution < -0.4 is 5.73 Å². The molecule has 0 atom stereocenters. The summed E-state index contributed by atoms with van der Waals surface area (Å²) < 4.78 is 3.08. The van der Waals surface area contributed by atoms with Gasteiger partial charge in [0.25, 0.3) is 0 Å². The maximum Gasteiger partial charge on any atom is 0.160 e. The van der Waals surface area contributed by atoms with Gasteiger partial charge in [0.05, 0.1) is 0 Å². The normalized spacial score (nSPS) is 11.4. The smallest absolute Gasteiger partial charge is 0.160 e. The average Bonchev–Trinajstić information content (AvgIpc) is 2.76. The van der Waals surface area contributed by atoms with Gasteiger partial charge in [-0.3, -0.25) is 0 Å². The van der Waals surface area contributed by atoms with E-state index in [1.165, 1.54) is 0 Å². The van der Waals surface area contributed by atoms with Crippen LogP contribution in [0.25, 0.3) is 22.6 Å². The number of nitrogen functional groups attached to an aromatic ring is 1. The fourth-order valence-electron chi connectivity index (χ4n) is 2.36. The summed E-state index contributed by atoms with van der Waals surface area (Å²) in [6, 6.07) is 9.99. The molecule has 20 heavy (non-hydrogen) atoms. The van der Waals surface area contributed by atoms with Crippen LogP contribution in [0.15, 0.2) is 41.0 Å². The summed E-state index contributed by atoms with van der Waals surface area (Å²) in [6.07, 6.45) is 1.79. The second-order valence-corrected chi connectivity index (χ2v) is 5.93. The first kappa shape index (κ1) is 13.1. The number of aromatic nitrogens is 3. The molecule has 2 heterocycles. The Morgan fingerprint density at radius 3 is 2.75 bits per heavy atom. The van der Waals surface area contributed by atoms with Crippen molar-refractivity contribution in [2.45, 2.75) is 19.9 Å². The molecule has 0 bridgehead atoms. The number of nitrogens with two attached hydrogens (primary N) is 1. The summed E-state index contributed by atoms with van der Waals surface area (Å²) in [7, 11) is 0. The number of halogens is 1. The average molecular weight is 331 g/mol. The quantitative estimate of drug-likeness (QED) is 0.722. The molecule has 0 unspecified atom stereocenters. The topological polar surface area (TPSA) is 56.7 Å². The van der Waals surface area contributed by atoms with E-state index in [2.05, 4.69) is 39.3 Å². The number of hydrogen-bond donors (Lipinski definition) is 1. The van der Waals surface area contributed by atoms with Crippen LogP contribution in [0.5, 0.6) is 0 Å². The van der Waals surface area contributed by atoms with Crippen molar-refractivity contribution in [1.29, 1.82) is 0 Å². The van der Waals surface area contributed by atoms with E-state index in [9.17, 15) is 0 Å². The second-order valence-electron chi connectivity index (χ2n) is 5.02. The highest BCUT2D eigenvalue weighted by molar-refractivity contribution is 9.10. The summed E-state index contributed by atoms with van der Waals surface area (Å²) in [5.41, 5.74) is 9.43. The first-order valence-corrected chi connectivity index (χ1v) is 7.25. The maximum atomic E-state index is 5.93. The van der Waals surface area contributed by atoms with Crippen LogP contribution in [-0.4, -0.2) is 14.5 Å². The number of hydrogen-bond acceptors (Lipinski definition) is 3. The van der Waals surface area contributed by atoms with Gasteiger partial charge in [0.15, 0.2) is 5.65 Å². The maximum absolute atomic E-state index is 5.93. The van der Waals surface area contributed by atoms with Crippen LogP contribution in [0.4, 0.5) is 5.69 Å². The standard InChI is InChI=1S/C15H15BrN4/c1-9(2)20-14(10-6-11(16)8-12(17)7-10)19-13-4-3-5-18-15(13)20/h3-9H,17H2,1-2H3. The molecule has 0 aliphatic rings. The predicted molar refractivity (Wildman–Crippen MR) is 85.5 cm³/mol. The molecule has 0 fully saturated rings. The molecular formula is C15H15BrN4. The summed E-state index contributed by atoms with van der Waals surface area (Å²) in [6.45, 7) is 4.25. The zero-order valence-electron chi connectivity index (χ0n) is 11.3. The van der Waals surface area contributed by atoms with Crippen LogP contribution in [-0.2, 0) is 0 Å². The van der Waals surface area contributed by atoms with Gasteiger partial charge in [-0.25, -0.2) is 9.97 Å². The number of anilines is 1. The van der Waals surface area contributed by atoms with E-state index < -0.39 is 0 Å². The molecule has 0 aliphatic carbocycles. The number of nitrogens with zero attached hydrogens (tertiary/aromatic N) is 3. The first-order valence-electron chi connectivity index (χ1n) is 6.45. The van der Waals surface area contributed by atoms with Crippen molar-refractivity contribution in [3.05, 3.63) is 41.0 Å². The SMILES string of the molecule is CC(C)n1c(-c2cc(N)cc(Br)c2)nc2cccnc21.